The van der Waals surface area contributed by atoms with Gasteiger partial charge >= 0.3 is 6.03 Å². The molecule has 0 aromatic heterocycles. The number of nitrogens with zero attached hydrogens (tertiary/aromatic N) is 1. The molecule has 1 N–H and O–H groups in total. The van der Waals surface area contributed by atoms with Gasteiger partial charge in [0.2, 0.25) is 0 Å². The van der Waals surface area contributed by atoms with Gasteiger partial charge in [-0.25, -0.2) is 4.79 Å². The Morgan fingerprint density at radius 3 is 2.77 bits per heavy atom. The van der Waals surface area contributed by atoms with E-state index >= 15 is 0 Å². The summed E-state index contributed by atoms with van der Waals surface area (Å²) in [5.74, 6) is 1.49. The smallest absolute Gasteiger partial charge is 0.321 e. The maximum Gasteiger partial charge on any atom is 0.321 e. The van der Waals surface area contributed by atoms with Crippen molar-refractivity contribution in [3.63, 3.8) is 0 Å². The zero-order valence-electron chi connectivity index (χ0n) is 13.2. The van der Waals surface area contributed by atoms with Crippen LogP contribution in [0.5, 0.6) is 0 Å². The number of carbonyl (C=O) groups excluding carboxylic acids is 2. The van der Waals surface area contributed by atoms with Crippen molar-refractivity contribution in [2.75, 3.05) is 18.4 Å². The molecule has 1 saturated carbocycles. The summed E-state index contributed by atoms with van der Waals surface area (Å²) in [7, 11) is 0. The standard InChI is InChI=1S/C18H24N2O2/c1-13-16(12-21)7-4-8-17(13)19-18(22)20-10-9-14-5-2-3-6-15(14)11-20/h4,7-8,12,14-15H,2-3,5-6,9-11H2,1H3,(H,19,22)/t14-,15+/m0/s1. The van der Waals surface area contributed by atoms with Gasteiger partial charge < -0.3 is 10.2 Å². The predicted molar refractivity (Wildman–Crippen MR) is 87.2 cm³/mol. The Kier molecular flexibility index (Phi) is 4.46. The lowest BCUT2D eigenvalue weighted by Crippen LogP contribution is -2.46. The molecule has 2 amide bonds. The Labute approximate surface area is 131 Å². The van der Waals surface area contributed by atoms with Gasteiger partial charge in [-0.2, -0.15) is 0 Å². The molecule has 22 heavy (non-hydrogen) atoms. The second-order valence-electron chi connectivity index (χ2n) is 6.61. The van der Waals surface area contributed by atoms with Gasteiger partial charge in [-0.15, -0.1) is 0 Å². The van der Waals surface area contributed by atoms with Crippen LogP contribution in [0.15, 0.2) is 18.2 Å². The second-order valence-corrected chi connectivity index (χ2v) is 6.61. The van der Waals surface area contributed by atoms with E-state index in [9.17, 15) is 9.59 Å². The van der Waals surface area contributed by atoms with E-state index in [1.54, 1.807) is 12.1 Å². The number of benzene rings is 1. The predicted octanol–water partition coefficient (Wildman–Crippen LogP) is 3.85. The summed E-state index contributed by atoms with van der Waals surface area (Å²) in [6, 6.07) is 5.40. The monoisotopic (exact) mass is 300 g/mol. The second kappa shape index (κ2) is 6.51. The highest BCUT2D eigenvalue weighted by molar-refractivity contribution is 5.92. The maximum atomic E-state index is 12.5. The summed E-state index contributed by atoms with van der Waals surface area (Å²) in [4.78, 5) is 25.5. The molecule has 2 aliphatic rings. The van der Waals surface area contributed by atoms with Crippen LogP contribution >= 0.6 is 0 Å². The number of amides is 2. The van der Waals surface area contributed by atoms with E-state index in [0.29, 0.717) is 11.5 Å². The lowest BCUT2D eigenvalue weighted by Gasteiger charge is -2.41. The molecule has 1 aliphatic heterocycles. The number of urea groups is 1. The molecule has 4 nitrogen and oxygen atoms in total. The quantitative estimate of drug-likeness (QED) is 0.843. The van der Waals surface area contributed by atoms with Gasteiger partial charge in [-0.3, -0.25) is 4.79 Å². The topological polar surface area (TPSA) is 49.4 Å². The molecule has 0 bridgehead atoms. The van der Waals surface area contributed by atoms with Crippen molar-refractivity contribution >= 4 is 18.0 Å². The van der Waals surface area contributed by atoms with Crippen molar-refractivity contribution in [2.45, 2.75) is 39.0 Å². The molecule has 0 radical (unpaired) electrons. The molecule has 1 saturated heterocycles. The fourth-order valence-corrected chi connectivity index (χ4v) is 3.90. The molecule has 3 rings (SSSR count). The van der Waals surface area contributed by atoms with Crippen molar-refractivity contribution in [3.8, 4) is 0 Å². The van der Waals surface area contributed by atoms with Gasteiger partial charge in [0.1, 0.15) is 6.29 Å². The first-order chi connectivity index (χ1) is 10.7. The number of likely N-dealkylation sites (tertiary alicyclic amines) is 1. The normalized spacial score (nSPS) is 24.5. The average Bonchev–Trinajstić information content (AvgIpc) is 2.56. The van der Waals surface area contributed by atoms with E-state index in [0.717, 1.165) is 43.0 Å². The summed E-state index contributed by atoms with van der Waals surface area (Å²) in [6.07, 6.45) is 7.21. The number of aldehydes is 1. The molecule has 0 spiro atoms. The average molecular weight is 300 g/mol. The Morgan fingerprint density at radius 2 is 2.00 bits per heavy atom. The van der Waals surface area contributed by atoms with Crippen molar-refractivity contribution in [3.05, 3.63) is 29.3 Å². The first-order valence-electron chi connectivity index (χ1n) is 8.29. The molecule has 1 heterocycles. The third-order valence-electron chi connectivity index (χ3n) is 5.32. The third-order valence-corrected chi connectivity index (χ3v) is 5.32. The van der Waals surface area contributed by atoms with Crippen LogP contribution in [0.1, 0.15) is 48.0 Å². The Balaban J connectivity index is 1.66. The van der Waals surface area contributed by atoms with E-state index in [2.05, 4.69) is 5.32 Å². The van der Waals surface area contributed by atoms with Gasteiger partial charge in [-0.1, -0.05) is 31.4 Å². The van der Waals surface area contributed by atoms with Crippen LogP contribution in [-0.2, 0) is 0 Å². The number of hydrogen-bond acceptors (Lipinski definition) is 2. The number of fused-ring (bicyclic) bond motifs is 1. The molecular formula is C18H24N2O2. The number of anilines is 1. The highest BCUT2D eigenvalue weighted by Crippen LogP contribution is 2.36. The van der Waals surface area contributed by atoms with E-state index < -0.39 is 0 Å². The minimum absolute atomic E-state index is 0.0322. The lowest BCUT2D eigenvalue weighted by atomic mass is 9.75. The Morgan fingerprint density at radius 1 is 1.23 bits per heavy atom. The summed E-state index contributed by atoms with van der Waals surface area (Å²) in [5.41, 5.74) is 2.20. The van der Waals surface area contributed by atoms with E-state index in [-0.39, 0.29) is 6.03 Å². The van der Waals surface area contributed by atoms with Crippen LogP contribution in [0.4, 0.5) is 10.5 Å². The maximum absolute atomic E-state index is 12.5. The van der Waals surface area contributed by atoms with Gasteiger partial charge in [0.25, 0.3) is 0 Å². The number of piperidine rings is 1. The van der Waals surface area contributed by atoms with Crippen LogP contribution < -0.4 is 5.32 Å². The van der Waals surface area contributed by atoms with E-state index in [4.69, 9.17) is 0 Å². The largest absolute Gasteiger partial charge is 0.324 e. The fourth-order valence-electron chi connectivity index (χ4n) is 3.90. The number of nitrogens with one attached hydrogen (secondary N) is 1. The molecule has 2 fully saturated rings. The van der Waals surface area contributed by atoms with Crippen LogP contribution in [0.2, 0.25) is 0 Å². The van der Waals surface area contributed by atoms with Gasteiger partial charge in [0, 0.05) is 24.3 Å². The van der Waals surface area contributed by atoms with Crippen LogP contribution in [0.3, 0.4) is 0 Å². The first-order valence-corrected chi connectivity index (χ1v) is 8.29. The minimum atomic E-state index is -0.0322. The number of hydrogen-bond donors (Lipinski definition) is 1. The summed E-state index contributed by atoms with van der Waals surface area (Å²) in [5, 5.41) is 2.98. The molecule has 0 unspecified atom stereocenters. The highest BCUT2D eigenvalue weighted by Gasteiger charge is 2.32. The van der Waals surface area contributed by atoms with Crippen molar-refractivity contribution in [1.29, 1.82) is 0 Å². The van der Waals surface area contributed by atoms with E-state index in [1.807, 2.05) is 17.9 Å². The third kappa shape index (κ3) is 3.01. The Hall–Kier alpha value is -1.84. The summed E-state index contributed by atoms with van der Waals surface area (Å²) >= 11 is 0. The molecule has 4 heteroatoms. The van der Waals surface area contributed by atoms with Gasteiger partial charge in [0.05, 0.1) is 0 Å². The minimum Gasteiger partial charge on any atom is -0.324 e. The lowest BCUT2D eigenvalue weighted by molar-refractivity contribution is 0.108. The molecule has 118 valence electrons. The zero-order chi connectivity index (χ0) is 15.5. The molecule has 2 atom stereocenters. The first kappa shape index (κ1) is 15.1. The summed E-state index contributed by atoms with van der Waals surface area (Å²) < 4.78 is 0. The van der Waals surface area contributed by atoms with Gasteiger partial charge in [-0.05, 0) is 43.2 Å². The molecule has 1 aliphatic carbocycles. The van der Waals surface area contributed by atoms with E-state index in [1.165, 1.54) is 25.7 Å². The summed E-state index contributed by atoms with van der Waals surface area (Å²) in [6.45, 7) is 3.59. The molecular weight excluding hydrogens is 276 g/mol. The van der Waals surface area contributed by atoms with Crippen LogP contribution in [0.25, 0.3) is 0 Å². The fraction of sp³-hybridized carbons (Fsp3) is 0.556. The highest BCUT2D eigenvalue weighted by atomic mass is 16.2. The van der Waals surface area contributed by atoms with Crippen LogP contribution in [-0.4, -0.2) is 30.3 Å². The number of carbonyl (C=O) groups is 2. The molecule has 1 aromatic rings. The Bertz CT molecular complexity index is 570. The van der Waals surface area contributed by atoms with Crippen molar-refractivity contribution in [1.82, 2.24) is 4.90 Å². The van der Waals surface area contributed by atoms with Crippen molar-refractivity contribution in [2.24, 2.45) is 11.8 Å². The SMILES string of the molecule is Cc1c(C=O)cccc1NC(=O)N1CC[C@@H]2CCCC[C@@H]2C1. The number of rotatable bonds is 2. The molecule has 1 aromatic carbocycles. The van der Waals surface area contributed by atoms with Crippen molar-refractivity contribution < 1.29 is 9.59 Å². The van der Waals surface area contributed by atoms with Gasteiger partial charge in [0.15, 0.2) is 0 Å². The van der Waals surface area contributed by atoms with Crippen LogP contribution in [0, 0.1) is 18.8 Å². The zero-order valence-corrected chi connectivity index (χ0v) is 13.2.